The molecule has 1 heterocycles. The van der Waals surface area contributed by atoms with Gasteiger partial charge < -0.3 is 20.3 Å². The summed E-state index contributed by atoms with van der Waals surface area (Å²) in [6.07, 6.45) is 0. The Morgan fingerprint density at radius 3 is 3.15 bits per heavy atom. The molecule has 1 atom stereocenters. The van der Waals surface area contributed by atoms with Crippen LogP contribution in [-0.4, -0.2) is 60.6 Å². The van der Waals surface area contributed by atoms with E-state index >= 15 is 0 Å². The molecule has 110 valence electrons. The molecule has 20 heavy (non-hydrogen) atoms. The van der Waals surface area contributed by atoms with Gasteiger partial charge in [0, 0.05) is 18.7 Å². The number of aliphatic hydroxyl groups is 1. The van der Waals surface area contributed by atoms with Crippen molar-refractivity contribution in [3.05, 3.63) is 29.8 Å². The van der Waals surface area contributed by atoms with Crippen LogP contribution in [0.5, 0.6) is 5.75 Å². The molecule has 3 N–H and O–H groups in total. The van der Waals surface area contributed by atoms with Gasteiger partial charge in [-0.2, -0.15) is 0 Å². The number of thiocarbonyl (C=S) groups is 1. The van der Waals surface area contributed by atoms with Gasteiger partial charge in [0.1, 0.15) is 17.3 Å². The van der Waals surface area contributed by atoms with E-state index in [1.807, 2.05) is 24.3 Å². The Kier molecular flexibility index (Phi) is 5.72. The lowest BCUT2D eigenvalue weighted by Gasteiger charge is -2.34. The van der Waals surface area contributed by atoms with E-state index in [2.05, 4.69) is 4.90 Å². The molecule has 0 amide bonds. The topological polar surface area (TPSA) is 68.0 Å². The Morgan fingerprint density at radius 2 is 2.40 bits per heavy atom. The number of morpholine rings is 1. The molecule has 1 aliphatic rings. The van der Waals surface area contributed by atoms with E-state index < -0.39 is 0 Å². The predicted octanol–water partition coefficient (Wildman–Crippen LogP) is 0.393. The first-order valence-electron chi connectivity index (χ1n) is 6.66. The molecule has 0 saturated carbocycles. The molecule has 1 unspecified atom stereocenters. The van der Waals surface area contributed by atoms with E-state index in [1.54, 1.807) is 0 Å². The molecule has 1 aromatic rings. The van der Waals surface area contributed by atoms with Crippen molar-refractivity contribution >= 4 is 17.2 Å². The highest BCUT2D eigenvalue weighted by Gasteiger charge is 2.21. The summed E-state index contributed by atoms with van der Waals surface area (Å²) in [5.74, 6) is 0.754. The molecular formula is C14H20N2O3S. The normalized spacial score (nSPS) is 19.8. The SMILES string of the molecule is NC(=S)c1cccc(OCCN2CCOCC2CO)c1. The van der Waals surface area contributed by atoms with Crippen molar-refractivity contribution in [2.24, 2.45) is 5.73 Å². The largest absolute Gasteiger partial charge is 0.492 e. The fraction of sp³-hybridized carbons (Fsp3) is 0.500. The number of nitrogens with two attached hydrogens (primary N) is 1. The first-order chi connectivity index (χ1) is 9.70. The van der Waals surface area contributed by atoms with Crippen molar-refractivity contribution in [2.45, 2.75) is 6.04 Å². The molecule has 0 bridgehead atoms. The summed E-state index contributed by atoms with van der Waals surface area (Å²) in [6.45, 7) is 3.52. The zero-order valence-electron chi connectivity index (χ0n) is 11.3. The Labute approximate surface area is 124 Å². The van der Waals surface area contributed by atoms with Crippen molar-refractivity contribution in [2.75, 3.05) is 39.5 Å². The fourth-order valence-electron chi connectivity index (χ4n) is 2.17. The van der Waals surface area contributed by atoms with Crippen molar-refractivity contribution in [3.8, 4) is 5.75 Å². The summed E-state index contributed by atoms with van der Waals surface area (Å²) in [5, 5.41) is 9.28. The molecule has 0 aromatic heterocycles. The zero-order chi connectivity index (χ0) is 14.4. The lowest BCUT2D eigenvalue weighted by atomic mass is 10.2. The summed E-state index contributed by atoms with van der Waals surface area (Å²) >= 11 is 4.94. The van der Waals surface area contributed by atoms with E-state index in [0.717, 1.165) is 24.4 Å². The average molecular weight is 296 g/mol. The Bertz CT molecular complexity index is 456. The molecular weight excluding hydrogens is 276 g/mol. The van der Waals surface area contributed by atoms with Gasteiger partial charge in [0.15, 0.2) is 0 Å². The van der Waals surface area contributed by atoms with Gasteiger partial charge in [-0.3, -0.25) is 4.90 Å². The van der Waals surface area contributed by atoms with Gasteiger partial charge in [-0.25, -0.2) is 0 Å². The standard InChI is InChI=1S/C14H20N2O3S/c15-14(20)11-2-1-3-13(8-11)19-7-5-16-4-6-18-10-12(16)9-17/h1-3,8,12,17H,4-7,9-10H2,(H2,15,20). The van der Waals surface area contributed by atoms with Crippen LogP contribution in [0, 0.1) is 0 Å². The molecule has 6 heteroatoms. The van der Waals surface area contributed by atoms with Crippen LogP contribution in [0.4, 0.5) is 0 Å². The van der Waals surface area contributed by atoms with Crippen molar-refractivity contribution < 1.29 is 14.6 Å². The minimum absolute atomic E-state index is 0.0651. The minimum Gasteiger partial charge on any atom is -0.492 e. The second kappa shape index (κ2) is 7.54. The number of hydrogen-bond acceptors (Lipinski definition) is 5. The summed E-state index contributed by atoms with van der Waals surface area (Å²) in [4.78, 5) is 2.55. The lowest BCUT2D eigenvalue weighted by Crippen LogP contribution is -2.48. The maximum atomic E-state index is 9.28. The van der Waals surface area contributed by atoms with Gasteiger partial charge in [0.2, 0.25) is 0 Å². The monoisotopic (exact) mass is 296 g/mol. The van der Waals surface area contributed by atoms with Crippen LogP contribution in [0.15, 0.2) is 24.3 Å². The minimum atomic E-state index is 0.0651. The van der Waals surface area contributed by atoms with Crippen LogP contribution in [0.1, 0.15) is 5.56 Å². The van der Waals surface area contributed by atoms with E-state index in [1.165, 1.54) is 0 Å². The number of rotatable bonds is 6. The summed E-state index contributed by atoms with van der Waals surface area (Å²) in [7, 11) is 0. The van der Waals surface area contributed by atoms with Crippen LogP contribution in [0.2, 0.25) is 0 Å². The van der Waals surface area contributed by atoms with Gasteiger partial charge in [0.25, 0.3) is 0 Å². The Morgan fingerprint density at radius 1 is 1.55 bits per heavy atom. The highest BCUT2D eigenvalue weighted by atomic mass is 32.1. The third-order valence-corrected chi connectivity index (χ3v) is 3.56. The lowest BCUT2D eigenvalue weighted by molar-refractivity contribution is -0.0312. The molecule has 2 rings (SSSR count). The molecule has 5 nitrogen and oxygen atoms in total. The second-order valence-electron chi connectivity index (χ2n) is 4.69. The van der Waals surface area contributed by atoms with Gasteiger partial charge in [-0.15, -0.1) is 0 Å². The van der Waals surface area contributed by atoms with E-state index in [0.29, 0.717) is 24.8 Å². The van der Waals surface area contributed by atoms with Crippen LogP contribution < -0.4 is 10.5 Å². The highest BCUT2D eigenvalue weighted by Crippen LogP contribution is 2.14. The number of hydrogen-bond donors (Lipinski definition) is 2. The van der Waals surface area contributed by atoms with Crippen LogP contribution >= 0.6 is 12.2 Å². The number of nitrogens with zero attached hydrogens (tertiary/aromatic N) is 1. The first kappa shape index (κ1) is 15.2. The zero-order valence-corrected chi connectivity index (χ0v) is 12.1. The molecule has 1 saturated heterocycles. The van der Waals surface area contributed by atoms with Crippen molar-refractivity contribution in [3.63, 3.8) is 0 Å². The molecule has 1 aromatic carbocycles. The Hall–Kier alpha value is -1.21. The molecule has 1 fully saturated rings. The van der Waals surface area contributed by atoms with Crippen LogP contribution in [-0.2, 0) is 4.74 Å². The third-order valence-electron chi connectivity index (χ3n) is 3.33. The molecule has 0 spiro atoms. The molecule has 0 radical (unpaired) electrons. The second-order valence-corrected chi connectivity index (χ2v) is 5.13. The number of ether oxygens (including phenoxy) is 2. The van der Waals surface area contributed by atoms with Crippen molar-refractivity contribution in [1.82, 2.24) is 4.90 Å². The quantitative estimate of drug-likeness (QED) is 0.740. The number of aliphatic hydroxyl groups excluding tert-OH is 1. The van der Waals surface area contributed by atoms with Gasteiger partial charge in [-0.1, -0.05) is 24.4 Å². The Balaban J connectivity index is 1.83. The highest BCUT2D eigenvalue weighted by molar-refractivity contribution is 7.80. The van der Waals surface area contributed by atoms with E-state index in [9.17, 15) is 5.11 Å². The van der Waals surface area contributed by atoms with Gasteiger partial charge >= 0.3 is 0 Å². The third kappa shape index (κ3) is 4.14. The van der Waals surface area contributed by atoms with Crippen LogP contribution in [0.25, 0.3) is 0 Å². The number of benzene rings is 1. The predicted molar refractivity (Wildman–Crippen MR) is 81.1 cm³/mol. The smallest absolute Gasteiger partial charge is 0.120 e. The first-order valence-corrected chi connectivity index (χ1v) is 7.07. The summed E-state index contributed by atoms with van der Waals surface area (Å²) < 4.78 is 11.1. The van der Waals surface area contributed by atoms with Crippen molar-refractivity contribution in [1.29, 1.82) is 0 Å². The van der Waals surface area contributed by atoms with E-state index in [-0.39, 0.29) is 12.6 Å². The molecule has 1 aliphatic heterocycles. The molecule has 0 aliphatic carbocycles. The summed E-state index contributed by atoms with van der Waals surface area (Å²) in [6, 6.07) is 7.51. The maximum absolute atomic E-state index is 9.28. The van der Waals surface area contributed by atoms with Gasteiger partial charge in [-0.05, 0) is 12.1 Å². The maximum Gasteiger partial charge on any atom is 0.120 e. The fourth-order valence-corrected chi connectivity index (χ4v) is 2.30. The van der Waals surface area contributed by atoms with Crippen LogP contribution in [0.3, 0.4) is 0 Å². The summed E-state index contributed by atoms with van der Waals surface area (Å²) in [5.41, 5.74) is 6.39. The van der Waals surface area contributed by atoms with E-state index in [4.69, 9.17) is 27.4 Å². The van der Waals surface area contributed by atoms with Gasteiger partial charge in [0.05, 0.1) is 25.9 Å². The average Bonchev–Trinajstić information content (AvgIpc) is 2.48.